The number of rotatable bonds is 12. The Morgan fingerprint density at radius 1 is 1.15 bits per heavy atom. The maximum absolute atomic E-state index is 13.2. The van der Waals surface area contributed by atoms with E-state index in [1.165, 1.54) is 11.1 Å². The van der Waals surface area contributed by atoms with E-state index in [2.05, 4.69) is 20.6 Å². The van der Waals surface area contributed by atoms with Gasteiger partial charge in [0, 0.05) is 18.5 Å². The zero-order valence-corrected chi connectivity index (χ0v) is 23.1. The van der Waals surface area contributed by atoms with Gasteiger partial charge in [-0.25, -0.2) is 23.4 Å². The third-order valence-electron chi connectivity index (χ3n) is 6.23. The summed E-state index contributed by atoms with van der Waals surface area (Å²) in [5.74, 6) is -1.19. The molecule has 1 fully saturated rings. The van der Waals surface area contributed by atoms with Crippen molar-refractivity contribution >= 4 is 39.8 Å². The highest BCUT2D eigenvalue weighted by atomic mass is 32.2. The van der Waals surface area contributed by atoms with Gasteiger partial charge in [-0.3, -0.25) is 9.59 Å². The first-order valence-corrected chi connectivity index (χ1v) is 14.5. The number of nitrogens with two attached hydrogens (primary N) is 1. The van der Waals surface area contributed by atoms with Crippen LogP contribution in [0.1, 0.15) is 42.9 Å². The number of carbonyl (C=O) groups excluding carboxylic acids is 3. The summed E-state index contributed by atoms with van der Waals surface area (Å²) < 4.78 is 28.0. The van der Waals surface area contributed by atoms with Crippen LogP contribution in [0, 0.1) is 5.41 Å². The summed E-state index contributed by atoms with van der Waals surface area (Å²) in [5, 5.41) is 14.4. The van der Waals surface area contributed by atoms with E-state index in [0.29, 0.717) is 43.5 Å². The molecule has 0 aliphatic carbocycles. The van der Waals surface area contributed by atoms with Crippen molar-refractivity contribution in [2.75, 3.05) is 13.1 Å². The second kappa shape index (κ2) is 14.3. The summed E-state index contributed by atoms with van der Waals surface area (Å²) in [7, 11) is -3.79. The Morgan fingerprint density at radius 3 is 2.58 bits per heavy atom. The fraction of sp³-hybridized carbons (Fsp3) is 0.370. The molecule has 0 radical (unpaired) electrons. The highest BCUT2D eigenvalue weighted by Gasteiger charge is 2.31. The van der Waals surface area contributed by atoms with Gasteiger partial charge in [0.25, 0.3) is 0 Å². The van der Waals surface area contributed by atoms with Crippen LogP contribution in [0.15, 0.2) is 59.7 Å². The van der Waals surface area contributed by atoms with Gasteiger partial charge in [0.1, 0.15) is 6.04 Å². The van der Waals surface area contributed by atoms with Crippen LogP contribution in [-0.2, 0) is 31.8 Å². The number of nitrogens with one attached hydrogen (secondary N) is 4. The molecule has 2 aromatic rings. The Morgan fingerprint density at radius 2 is 1.88 bits per heavy atom. The highest BCUT2D eigenvalue weighted by Crippen LogP contribution is 2.15. The second-order valence-corrected chi connectivity index (χ2v) is 11.4. The molecule has 6 N–H and O–H groups in total. The first-order chi connectivity index (χ1) is 19.0. The number of benzene rings is 2. The quantitative estimate of drug-likeness (QED) is 0.190. The second-order valence-electron chi connectivity index (χ2n) is 9.63. The Kier molecular flexibility index (Phi) is 10.9. The lowest BCUT2D eigenvalue weighted by atomic mass is 10.0. The van der Waals surface area contributed by atoms with Crippen molar-refractivity contribution < 1.29 is 22.8 Å². The minimum absolute atomic E-state index is 0.253. The first-order valence-electron chi connectivity index (χ1n) is 12.9. The monoisotopic (exact) mass is 569 g/mol. The largest absolute Gasteiger partial charge is 0.350 e. The minimum Gasteiger partial charge on any atom is -0.350 e. The number of hydrazone groups is 1. The number of primary amides is 1. The molecule has 1 aliphatic heterocycles. The van der Waals surface area contributed by atoms with Gasteiger partial charge in [0.15, 0.2) is 0 Å². The van der Waals surface area contributed by atoms with Gasteiger partial charge < -0.3 is 21.4 Å². The molecular formula is C27H35N7O5S. The summed E-state index contributed by atoms with van der Waals surface area (Å²) in [6, 6.07) is 13.5. The molecule has 214 valence electrons. The highest BCUT2D eigenvalue weighted by molar-refractivity contribution is 7.88. The molecule has 3 rings (SSSR count). The van der Waals surface area contributed by atoms with Gasteiger partial charge in [-0.15, -0.1) is 0 Å². The van der Waals surface area contributed by atoms with Crippen LogP contribution in [-0.4, -0.2) is 68.3 Å². The Labute approximate surface area is 234 Å². The van der Waals surface area contributed by atoms with E-state index in [9.17, 15) is 22.8 Å². The lowest BCUT2D eigenvalue weighted by Gasteiger charge is -2.25. The van der Waals surface area contributed by atoms with E-state index in [1.807, 2.05) is 12.1 Å². The number of nitrogens with zero attached hydrogens (tertiary/aromatic N) is 2. The number of hydrogen-bond acceptors (Lipinski definition) is 7. The Balaban J connectivity index is 1.67. The molecule has 40 heavy (non-hydrogen) atoms. The van der Waals surface area contributed by atoms with E-state index in [1.54, 1.807) is 49.4 Å². The maximum Gasteiger partial charge on any atom is 0.332 e. The van der Waals surface area contributed by atoms with E-state index in [-0.39, 0.29) is 12.3 Å². The van der Waals surface area contributed by atoms with E-state index in [4.69, 9.17) is 11.1 Å². The smallest absolute Gasteiger partial charge is 0.332 e. The number of carbonyl (C=O) groups is 3. The van der Waals surface area contributed by atoms with Crippen molar-refractivity contribution in [3.8, 4) is 0 Å². The average Bonchev–Trinajstić information content (AvgIpc) is 3.05. The van der Waals surface area contributed by atoms with Gasteiger partial charge in [-0.05, 0) is 55.4 Å². The third kappa shape index (κ3) is 9.89. The van der Waals surface area contributed by atoms with Gasteiger partial charge in [-0.1, -0.05) is 48.5 Å². The number of hydrogen-bond donors (Lipinski definition) is 5. The summed E-state index contributed by atoms with van der Waals surface area (Å²) >= 11 is 0. The molecule has 1 heterocycles. The van der Waals surface area contributed by atoms with Crippen LogP contribution in [0.3, 0.4) is 0 Å². The molecule has 13 heteroatoms. The number of likely N-dealkylation sites (tertiary alicyclic amines) is 1. The van der Waals surface area contributed by atoms with Crippen LogP contribution < -0.4 is 21.2 Å². The summed E-state index contributed by atoms with van der Waals surface area (Å²) in [6.07, 6.45) is 3.21. The summed E-state index contributed by atoms with van der Waals surface area (Å²) in [6.45, 7) is 1.71. The standard InChI is InChI=1S/C27H35N7O5S/c1-19(28)22-11-7-10-21(14-22)15-23(16-30-32-27(29)37)31-25(35)17-34-13-6-5-12-24(26(34)36)33-40(38,39)18-20-8-3-2-4-9-20/h2-4,7-11,14,16,23-24,28,33H,5-6,12-13,15,17-18H2,1H3,(H,31,35)(H3,29,32,37)/b28-19?,30-16+. The van der Waals surface area contributed by atoms with Crippen LogP contribution in [0.5, 0.6) is 0 Å². The molecule has 12 nitrogen and oxygen atoms in total. The molecule has 2 unspecified atom stereocenters. The predicted molar refractivity (Wildman–Crippen MR) is 152 cm³/mol. The molecule has 2 atom stereocenters. The molecule has 2 aromatic carbocycles. The minimum atomic E-state index is -3.79. The SMILES string of the molecule is CC(=N)c1cccc(CC(/C=N/NC(N)=O)NC(=O)CN2CCCCC(NS(=O)(=O)Cc3ccccc3)C2=O)c1. The molecule has 0 spiro atoms. The molecule has 0 bridgehead atoms. The van der Waals surface area contributed by atoms with Gasteiger partial charge in [0.05, 0.1) is 18.3 Å². The molecule has 1 saturated heterocycles. The molecular weight excluding hydrogens is 534 g/mol. The summed E-state index contributed by atoms with van der Waals surface area (Å²) in [4.78, 5) is 38.7. The lowest BCUT2D eigenvalue weighted by molar-refractivity contribution is -0.137. The zero-order valence-electron chi connectivity index (χ0n) is 22.3. The van der Waals surface area contributed by atoms with Crippen LogP contribution in [0.2, 0.25) is 0 Å². The average molecular weight is 570 g/mol. The predicted octanol–water partition coefficient (Wildman–Crippen LogP) is 1.26. The molecule has 1 aliphatic rings. The van der Waals surface area contributed by atoms with Gasteiger partial charge >= 0.3 is 6.03 Å². The molecule has 4 amide bonds. The maximum atomic E-state index is 13.2. The Hall–Kier alpha value is -4.10. The molecule has 0 aromatic heterocycles. The summed E-state index contributed by atoms with van der Waals surface area (Å²) in [5.41, 5.74) is 9.71. The third-order valence-corrected chi connectivity index (χ3v) is 7.58. The van der Waals surface area contributed by atoms with E-state index < -0.39 is 40.0 Å². The van der Waals surface area contributed by atoms with Crippen molar-refractivity contribution in [2.45, 2.75) is 50.4 Å². The van der Waals surface area contributed by atoms with Crippen molar-refractivity contribution in [2.24, 2.45) is 10.8 Å². The van der Waals surface area contributed by atoms with Crippen LogP contribution >= 0.6 is 0 Å². The van der Waals surface area contributed by atoms with Gasteiger partial charge in [-0.2, -0.15) is 5.10 Å². The number of urea groups is 1. The van der Waals surface area contributed by atoms with Crippen molar-refractivity contribution in [3.63, 3.8) is 0 Å². The topological polar surface area (TPSA) is 187 Å². The Bertz CT molecular complexity index is 1350. The van der Waals surface area contributed by atoms with E-state index >= 15 is 0 Å². The lowest BCUT2D eigenvalue weighted by Crippen LogP contribution is -2.51. The van der Waals surface area contributed by atoms with Crippen molar-refractivity contribution in [1.29, 1.82) is 5.41 Å². The first kappa shape index (κ1) is 30.4. The van der Waals surface area contributed by atoms with Crippen LogP contribution in [0.4, 0.5) is 4.79 Å². The fourth-order valence-corrected chi connectivity index (χ4v) is 5.73. The van der Waals surface area contributed by atoms with Gasteiger partial charge in [0.2, 0.25) is 21.8 Å². The van der Waals surface area contributed by atoms with Crippen molar-refractivity contribution in [3.05, 3.63) is 71.3 Å². The number of sulfonamides is 1. The number of amides is 4. The fourth-order valence-electron chi connectivity index (χ4n) is 4.37. The van der Waals surface area contributed by atoms with Crippen molar-refractivity contribution in [1.82, 2.24) is 20.4 Å². The normalized spacial score (nSPS) is 16.8. The van der Waals surface area contributed by atoms with Crippen LogP contribution in [0.25, 0.3) is 0 Å². The zero-order chi connectivity index (χ0) is 29.1. The van der Waals surface area contributed by atoms with E-state index in [0.717, 1.165) is 11.1 Å². The molecule has 0 saturated carbocycles.